The molecule has 0 spiro atoms. The fourth-order valence-electron chi connectivity index (χ4n) is 10.2. The van der Waals surface area contributed by atoms with E-state index in [1.54, 1.807) is 47.4 Å². The number of carbonyl (C=O) groups is 6. The van der Waals surface area contributed by atoms with Gasteiger partial charge in [-0.25, -0.2) is 0 Å². The molecule has 63 heavy (non-hydrogen) atoms. The molecule has 5 aromatic carbocycles. The first-order chi connectivity index (χ1) is 30.6. The number of benzene rings is 5. The lowest BCUT2D eigenvalue weighted by atomic mass is 9.69. The van der Waals surface area contributed by atoms with Crippen molar-refractivity contribution < 1.29 is 38.6 Å². The SMILES string of the molecule is O=C1CCC(N2C(=O)c3cc4c(cc3C2=O)CN(C(=O)c2ccc(CC(=O)N3CCCC(Oc5ccc([C@@H]6c7ccc(O)cc7CC[C@@H]6c6ccccc6)cc5)C3)cc2)C4)C(=O)N1. The standard InChI is InChI=1S/C51H46N4O8/c56-37-15-19-41-34(24-37)14-18-40(31-5-2-1-3-6-31)47(41)32-12-16-38(17-13-32)63-39-7-4-22-53(29-39)46(58)23-30-8-10-33(11-9-30)49(60)54-27-35-25-42-43(26-36(35)28-54)51(62)55(50(42)61)44-20-21-45(57)52-48(44)59/h1-3,5-6,8-13,15-17,19,24-26,39-40,44,47,56H,4,7,14,18,20-23,27-29H2,(H,52,57,59)/t39?,40-,44?,47+/m1/s1. The van der Waals surface area contributed by atoms with Crippen LogP contribution in [0.5, 0.6) is 11.5 Å². The Balaban J connectivity index is 0.745. The van der Waals surface area contributed by atoms with Crippen LogP contribution in [0.3, 0.4) is 0 Å². The van der Waals surface area contributed by atoms with Crippen LogP contribution in [0.15, 0.2) is 109 Å². The molecule has 12 nitrogen and oxygen atoms in total. The molecular formula is C51H46N4O8. The second kappa shape index (κ2) is 16.3. The zero-order chi connectivity index (χ0) is 43.4. The summed E-state index contributed by atoms with van der Waals surface area (Å²) in [5, 5.41) is 12.4. The summed E-state index contributed by atoms with van der Waals surface area (Å²) in [7, 11) is 0. The number of fused-ring (bicyclic) bond motifs is 3. The fourth-order valence-corrected chi connectivity index (χ4v) is 10.2. The van der Waals surface area contributed by atoms with Crippen LogP contribution in [0.4, 0.5) is 0 Å². The topological polar surface area (TPSA) is 154 Å². The Morgan fingerprint density at radius 2 is 1.43 bits per heavy atom. The third-order valence-electron chi connectivity index (χ3n) is 13.4. The number of rotatable bonds is 8. The maximum Gasteiger partial charge on any atom is 0.262 e. The van der Waals surface area contributed by atoms with Crippen LogP contribution in [0.2, 0.25) is 0 Å². The zero-order valence-corrected chi connectivity index (χ0v) is 34.6. The molecule has 0 radical (unpaired) electrons. The average molecular weight is 843 g/mol. The lowest BCUT2D eigenvalue weighted by Crippen LogP contribution is -2.54. The summed E-state index contributed by atoms with van der Waals surface area (Å²) in [6, 6.07) is 34.0. The molecule has 2 N–H and O–H groups in total. The smallest absolute Gasteiger partial charge is 0.262 e. The molecule has 5 aliphatic rings. The Labute approximate surface area is 364 Å². The summed E-state index contributed by atoms with van der Waals surface area (Å²) in [5.74, 6) is -0.963. The van der Waals surface area contributed by atoms with Gasteiger partial charge in [-0.15, -0.1) is 0 Å². The van der Waals surface area contributed by atoms with Crippen molar-refractivity contribution in [2.75, 3.05) is 13.1 Å². The highest BCUT2D eigenvalue weighted by molar-refractivity contribution is 6.23. The number of piperidine rings is 2. The van der Waals surface area contributed by atoms with Crippen LogP contribution in [0.1, 0.15) is 114 Å². The molecule has 6 amide bonds. The quantitative estimate of drug-likeness (QED) is 0.170. The number of phenolic OH excluding ortho intramolecular Hbond substituents is 1. The van der Waals surface area contributed by atoms with Gasteiger partial charge in [0.15, 0.2) is 0 Å². The van der Waals surface area contributed by atoms with Crippen molar-refractivity contribution in [3.05, 3.63) is 165 Å². The Hall–Kier alpha value is -7.08. The highest BCUT2D eigenvalue weighted by Gasteiger charge is 2.45. The zero-order valence-electron chi connectivity index (χ0n) is 34.6. The highest BCUT2D eigenvalue weighted by Crippen LogP contribution is 2.47. The molecule has 4 atom stereocenters. The fraction of sp³-hybridized carbons (Fsp3) is 0.294. The summed E-state index contributed by atoms with van der Waals surface area (Å²) in [5.41, 5.74) is 8.07. The third-order valence-corrected chi connectivity index (χ3v) is 13.4. The number of hydrogen-bond donors (Lipinski definition) is 2. The van der Waals surface area contributed by atoms with E-state index in [2.05, 4.69) is 47.8 Å². The number of nitrogens with zero attached hydrogens (tertiary/aromatic N) is 3. The van der Waals surface area contributed by atoms with Crippen LogP contribution in [0, 0.1) is 0 Å². The van der Waals surface area contributed by atoms with Gasteiger partial charge < -0.3 is 19.6 Å². The van der Waals surface area contributed by atoms with Gasteiger partial charge in [-0.3, -0.25) is 39.0 Å². The van der Waals surface area contributed by atoms with Gasteiger partial charge in [0.05, 0.1) is 24.1 Å². The van der Waals surface area contributed by atoms with Crippen molar-refractivity contribution >= 4 is 35.4 Å². The second-order valence-corrected chi connectivity index (χ2v) is 17.4. The normalized spacial score (nSPS) is 21.7. The second-order valence-electron chi connectivity index (χ2n) is 17.4. The maximum atomic E-state index is 13.6. The average Bonchev–Trinajstić information content (AvgIpc) is 3.82. The van der Waals surface area contributed by atoms with Gasteiger partial charge in [-0.05, 0) is 125 Å². The number of phenols is 1. The molecule has 0 saturated carbocycles. The van der Waals surface area contributed by atoms with Gasteiger partial charge in [0.25, 0.3) is 17.7 Å². The van der Waals surface area contributed by atoms with E-state index in [4.69, 9.17) is 4.74 Å². The molecule has 1 aliphatic carbocycles. The van der Waals surface area contributed by atoms with Crippen molar-refractivity contribution in [1.29, 1.82) is 0 Å². The van der Waals surface area contributed by atoms with Crippen LogP contribution < -0.4 is 10.1 Å². The highest BCUT2D eigenvalue weighted by atomic mass is 16.5. The molecule has 0 aromatic heterocycles. The van der Waals surface area contributed by atoms with Crippen molar-refractivity contribution in [3.63, 3.8) is 0 Å². The van der Waals surface area contributed by atoms with Gasteiger partial charge >= 0.3 is 0 Å². The van der Waals surface area contributed by atoms with E-state index in [-0.39, 0.29) is 67.3 Å². The first kappa shape index (κ1) is 40.0. The molecule has 2 fully saturated rings. The van der Waals surface area contributed by atoms with E-state index >= 15 is 0 Å². The molecule has 10 rings (SSSR count). The molecule has 12 heteroatoms. The van der Waals surface area contributed by atoms with E-state index < -0.39 is 29.7 Å². The lowest BCUT2D eigenvalue weighted by molar-refractivity contribution is -0.136. The van der Waals surface area contributed by atoms with Crippen LogP contribution >= 0.6 is 0 Å². The first-order valence-electron chi connectivity index (χ1n) is 21.7. The molecule has 4 heterocycles. The molecule has 0 bridgehead atoms. The Morgan fingerprint density at radius 1 is 0.714 bits per heavy atom. The maximum absolute atomic E-state index is 13.6. The number of amides is 6. The van der Waals surface area contributed by atoms with Gasteiger partial charge in [-0.1, -0.05) is 60.7 Å². The number of nitrogens with one attached hydrogen (secondary N) is 1. The van der Waals surface area contributed by atoms with E-state index in [1.807, 2.05) is 29.2 Å². The number of aryl methyl sites for hydroxylation is 1. The van der Waals surface area contributed by atoms with Gasteiger partial charge in [0, 0.05) is 37.5 Å². The number of hydrogen-bond acceptors (Lipinski definition) is 8. The number of aromatic hydroxyl groups is 1. The van der Waals surface area contributed by atoms with Gasteiger partial charge in [-0.2, -0.15) is 0 Å². The van der Waals surface area contributed by atoms with E-state index in [1.165, 1.54) is 22.3 Å². The molecule has 2 unspecified atom stereocenters. The Kier molecular flexibility index (Phi) is 10.4. The van der Waals surface area contributed by atoms with Crippen molar-refractivity contribution in [1.82, 2.24) is 20.0 Å². The molecule has 4 aliphatic heterocycles. The summed E-state index contributed by atoms with van der Waals surface area (Å²) in [6.45, 7) is 1.63. The number of ether oxygens (including phenoxy) is 1. The van der Waals surface area contributed by atoms with Crippen LogP contribution in [0.25, 0.3) is 0 Å². The summed E-state index contributed by atoms with van der Waals surface area (Å²) in [4.78, 5) is 82.4. The van der Waals surface area contributed by atoms with Crippen molar-refractivity contribution in [2.24, 2.45) is 0 Å². The molecule has 2 saturated heterocycles. The van der Waals surface area contributed by atoms with Crippen molar-refractivity contribution in [2.45, 2.75) is 82.0 Å². The van der Waals surface area contributed by atoms with Crippen molar-refractivity contribution in [3.8, 4) is 11.5 Å². The molecule has 318 valence electrons. The number of imide groups is 2. The Bertz CT molecular complexity index is 2640. The van der Waals surface area contributed by atoms with Gasteiger partial charge in [0.1, 0.15) is 23.6 Å². The van der Waals surface area contributed by atoms with Crippen LogP contribution in [-0.2, 0) is 40.3 Å². The minimum absolute atomic E-state index is 0.00464. The summed E-state index contributed by atoms with van der Waals surface area (Å²) in [6.07, 6.45) is 3.74. The summed E-state index contributed by atoms with van der Waals surface area (Å²) < 4.78 is 6.48. The lowest BCUT2D eigenvalue weighted by Gasteiger charge is -2.35. The molecular weight excluding hydrogens is 797 g/mol. The van der Waals surface area contributed by atoms with E-state index in [9.17, 15) is 33.9 Å². The predicted octanol–water partition coefficient (Wildman–Crippen LogP) is 6.42. The minimum Gasteiger partial charge on any atom is -0.508 e. The third kappa shape index (κ3) is 7.64. The first-order valence-corrected chi connectivity index (χ1v) is 21.7. The van der Waals surface area contributed by atoms with E-state index in [0.717, 1.165) is 53.0 Å². The minimum atomic E-state index is -1.04. The predicted molar refractivity (Wildman–Crippen MR) is 231 cm³/mol. The van der Waals surface area contributed by atoms with Gasteiger partial charge in [0.2, 0.25) is 17.7 Å². The van der Waals surface area contributed by atoms with E-state index in [0.29, 0.717) is 30.3 Å². The number of likely N-dealkylation sites (tertiary alicyclic amines) is 1. The number of carbonyl (C=O) groups excluding carboxylic acids is 6. The monoisotopic (exact) mass is 842 g/mol. The summed E-state index contributed by atoms with van der Waals surface area (Å²) >= 11 is 0. The van der Waals surface area contributed by atoms with Crippen LogP contribution in [-0.4, -0.2) is 80.5 Å². The molecule has 5 aromatic rings. The largest absolute Gasteiger partial charge is 0.508 e. The Morgan fingerprint density at radius 3 is 2.13 bits per heavy atom.